The van der Waals surface area contributed by atoms with Crippen LogP contribution in [-0.4, -0.2) is 62.1 Å². The number of carbonyl (C=O) groups excluding carboxylic acids is 3. The Hall–Kier alpha value is -1.71. The maximum absolute atomic E-state index is 11.5. The fourth-order valence-electron chi connectivity index (χ4n) is 1.80. The molecule has 0 aliphatic carbocycles. The van der Waals surface area contributed by atoms with Crippen LogP contribution in [0.15, 0.2) is 0 Å². The summed E-state index contributed by atoms with van der Waals surface area (Å²) in [5.41, 5.74) is 10.5. The van der Waals surface area contributed by atoms with E-state index in [1.165, 1.54) is 0 Å². The van der Waals surface area contributed by atoms with Gasteiger partial charge in [-0.25, -0.2) is 0 Å². The maximum Gasteiger partial charge on any atom is 0.222 e. The second-order valence-corrected chi connectivity index (χ2v) is 4.65. The van der Waals surface area contributed by atoms with Gasteiger partial charge in [0.05, 0.1) is 13.3 Å². The molecule has 0 rings (SSSR count). The third-order valence-electron chi connectivity index (χ3n) is 2.94. The van der Waals surface area contributed by atoms with E-state index in [4.69, 9.17) is 11.5 Å². The summed E-state index contributed by atoms with van der Waals surface area (Å²) in [5, 5.41) is 7.73. The molecule has 0 aromatic carbocycles. The first-order valence-corrected chi connectivity index (χ1v) is 7.46. The molecule has 9 heteroatoms. The maximum atomic E-state index is 11.5. The van der Waals surface area contributed by atoms with Gasteiger partial charge < -0.3 is 32.3 Å². The summed E-state index contributed by atoms with van der Waals surface area (Å²) < 4.78 is 0. The van der Waals surface area contributed by atoms with Gasteiger partial charge in [-0.15, -0.1) is 0 Å². The minimum Gasteiger partial charge on any atom is -0.356 e. The number of amides is 3. The molecule has 0 aliphatic heterocycles. The van der Waals surface area contributed by atoms with E-state index >= 15 is 0 Å². The molecular weight excluding hydrogens is 288 g/mol. The van der Waals surface area contributed by atoms with Gasteiger partial charge in [0, 0.05) is 45.4 Å². The van der Waals surface area contributed by atoms with Crippen LogP contribution in [0.25, 0.3) is 0 Å². The summed E-state index contributed by atoms with van der Waals surface area (Å²) in [5.74, 6) is -0.362. The predicted octanol–water partition coefficient (Wildman–Crippen LogP) is -2.34. The highest BCUT2D eigenvalue weighted by atomic mass is 16.2. The zero-order chi connectivity index (χ0) is 16.8. The Bertz CT molecular complexity index is 298. The topological polar surface area (TPSA) is 143 Å². The molecule has 0 saturated heterocycles. The highest BCUT2D eigenvalue weighted by molar-refractivity contribution is 5.77. The van der Waals surface area contributed by atoms with Gasteiger partial charge in [0.15, 0.2) is 0 Å². The lowest BCUT2D eigenvalue weighted by Gasteiger charge is -2.21. The molecule has 0 spiro atoms. The summed E-state index contributed by atoms with van der Waals surface area (Å²) in [6.45, 7) is 4.02. The Morgan fingerprint density at radius 1 is 0.773 bits per heavy atom. The quantitative estimate of drug-likeness (QED) is 0.255. The number of carbonyl (C=O) groups is 3. The number of nitrogens with zero attached hydrogens (tertiary/aromatic N) is 1. The fourth-order valence-corrected chi connectivity index (χ4v) is 1.80. The van der Waals surface area contributed by atoms with Crippen molar-refractivity contribution in [2.75, 3.05) is 39.5 Å². The highest BCUT2D eigenvalue weighted by Crippen LogP contribution is 1.98. The predicted molar refractivity (Wildman–Crippen MR) is 83.4 cm³/mol. The molecule has 0 saturated carbocycles. The zero-order valence-electron chi connectivity index (χ0n) is 13.2. The van der Waals surface area contributed by atoms with E-state index in [0.717, 1.165) is 0 Å². The summed E-state index contributed by atoms with van der Waals surface area (Å²) in [4.78, 5) is 36.3. The molecule has 7 N–H and O–H groups in total. The van der Waals surface area contributed by atoms with Crippen LogP contribution >= 0.6 is 0 Å². The van der Waals surface area contributed by atoms with Gasteiger partial charge in [0.25, 0.3) is 0 Å². The molecule has 0 aromatic rings. The summed E-state index contributed by atoms with van der Waals surface area (Å²) in [6.07, 6.45) is 0.862. The van der Waals surface area contributed by atoms with Gasteiger partial charge in [0.2, 0.25) is 17.7 Å². The molecule has 0 aromatic heterocycles. The Morgan fingerprint density at radius 2 is 1.14 bits per heavy atom. The van der Waals surface area contributed by atoms with E-state index in [2.05, 4.69) is 16.0 Å². The third-order valence-corrected chi connectivity index (χ3v) is 2.94. The number of hydrogen-bond acceptors (Lipinski definition) is 6. The number of nitrogens with one attached hydrogen (secondary N) is 3. The van der Waals surface area contributed by atoms with Crippen LogP contribution in [0, 0.1) is 0 Å². The Morgan fingerprint density at radius 3 is 1.45 bits per heavy atom. The first kappa shape index (κ1) is 20.3. The molecule has 9 nitrogen and oxygen atoms in total. The van der Waals surface area contributed by atoms with E-state index in [1.54, 1.807) is 0 Å². The monoisotopic (exact) mass is 316 g/mol. The van der Waals surface area contributed by atoms with Crippen molar-refractivity contribution in [1.82, 2.24) is 20.9 Å². The van der Waals surface area contributed by atoms with E-state index in [9.17, 15) is 14.4 Å². The van der Waals surface area contributed by atoms with Crippen molar-refractivity contribution in [3.8, 4) is 0 Å². The molecular formula is C13H28N6O3. The van der Waals surface area contributed by atoms with Crippen molar-refractivity contribution in [3.63, 3.8) is 0 Å². The van der Waals surface area contributed by atoms with Gasteiger partial charge in [-0.2, -0.15) is 0 Å². The van der Waals surface area contributed by atoms with Crippen molar-refractivity contribution < 1.29 is 14.4 Å². The molecule has 0 fully saturated rings. The van der Waals surface area contributed by atoms with Gasteiger partial charge in [-0.05, 0) is 6.92 Å². The first-order valence-electron chi connectivity index (χ1n) is 7.46. The Kier molecular flexibility index (Phi) is 12.0. The zero-order valence-corrected chi connectivity index (χ0v) is 13.2. The molecule has 3 amide bonds. The van der Waals surface area contributed by atoms with E-state index in [1.807, 2.05) is 11.8 Å². The molecule has 0 bridgehead atoms. The van der Waals surface area contributed by atoms with Crippen LogP contribution in [-0.2, 0) is 14.4 Å². The van der Waals surface area contributed by atoms with Crippen molar-refractivity contribution in [3.05, 3.63) is 0 Å². The Balaban J connectivity index is 4.26. The lowest BCUT2D eigenvalue weighted by molar-refractivity contribution is -0.121. The van der Waals surface area contributed by atoms with Gasteiger partial charge in [0.1, 0.15) is 0 Å². The third kappa shape index (κ3) is 11.0. The van der Waals surface area contributed by atoms with Crippen molar-refractivity contribution in [2.45, 2.75) is 26.2 Å². The lowest BCUT2D eigenvalue weighted by Crippen LogP contribution is -2.38. The van der Waals surface area contributed by atoms with E-state index in [0.29, 0.717) is 32.6 Å². The lowest BCUT2D eigenvalue weighted by atomic mass is 10.2. The van der Waals surface area contributed by atoms with E-state index in [-0.39, 0.29) is 43.9 Å². The van der Waals surface area contributed by atoms with Crippen molar-refractivity contribution in [2.24, 2.45) is 11.5 Å². The van der Waals surface area contributed by atoms with Crippen LogP contribution in [0.5, 0.6) is 0 Å². The van der Waals surface area contributed by atoms with Gasteiger partial charge in [-0.1, -0.05) is 0 Å². The van der Waals surface area contributed by atoms with E-state index < -0.39 is 0 Å². The molecule has 0 radical (unpaired) electrons. The molecule has 0 heterocycles. The highest BCUT2D eigenvalue weighted by Gasteiger charge is 2.12. The van der Waals surface area contributed by atoms with Crippen LogP contribution in [0.4, 0.5) is 0 Å². The van der Waals surface area contributed by atoms with Gasteiger partial charge in [-0.3, -0.25) is 14.4 Å². The number of rotatable bonds is 12. The minimum absolute atomic E-state index is 0.0506. The Labute approximate surface area is 131 Å². The fraction of sp³-hybridized carbons (Fsp3) is 0.769. The molecule has 22 heavy (non-hydrogen) atoms. The van der Waals surface area contributed by atoms with Crippen LogP contribution in [0.2, 0.25) is 0 Å². The minimum atomic E-state index is -0.156. The summed E-state index contributed by atoms with van der Waals surface area (Å²) in [7, 11) is 0. The molecule has 0 aliphatic rings. The molecule has 0 atom stereocenters. The van der Waals surface area contributed by atoms with Crippen molar-refractivity contribution >= 4 is 17.7 Å². The number of hydrogen-bond donors (Lipinski definition) is 5. The average Bonchev–Trinajstić information content (AvgIpc) is 2.47. The second kappa shape index (κ2) is 13.0. The van der Waals surface area contributed by atoms with Crippen molar-refractivity contribution in [1.29, 1.82) is 0 Å². The largest absolute Gasteiger partial charge is 0.356 e. The summed E-state index contributed by atoms with van der Waals surface area (Å²) >= 11 is 0. The van der Waals surface area contributed by atoms with Crippen LogP contribution in [0.1, 0.15) is 26.2 Å². The number of nitrogens with two attached hydrogens (primary N) is 2. The first-order chi connectivity index (χ1) is 10.5. The standard InChI is InChI=1S/C13H28N6O3/c1-2-16-11(20)3-6-19(7-4-12(21)17-9-14)8-5-13(22)18-10-15/h2-10,14-15H2,1H3,(H,16,20)(H,17,21)(H,18,22). The van der Waals surface area contributed by atoms with Gasteiger partial charge >= 0.3 is 0 Å². The van der Waals surface area contributed by atoms with Crippen LogP contribution in [0.3, 0.4) is 0 Å². The smallest absolute Gasteiger partial charge is 0.222 e. The molecule has 128 valence electrons. The van der Waals surface area contributed by atoms with Crippen LogP contribution < -0.4 is 27.4 Å². The average molecular weight is 316 g/mol. The normalized spacial score (nSPS) is 10.4. The molecule has 0 unspecified atom stereocenters. The SMILES string of the molecule is CCNC(=O)CCN(CCC(=O)NCN)CCC(=O)NCN. The summed E-state index contributed by atoms with van der Waals surface area (Å²) in [6, 6.07) is 0. The second-order valence-electron chi connectivity index (χ2n) is 4.65.